The van der Waals surface area contributed by atoms with E-state index in [2.05, 4.69) is 79.5 Å². The van der Waals surface area contributed by atoms with Crippen molar-refractivity contribution in [2.45, 2.75) is 45.4 Å². The molecule has 0 saturated carbocycles. The first kappa shape index (κ1) is 19.6. The Balaban J connectivity index is 1.51. The second kappa shape index (κ2) is 9.20. The van der Waals surface area contributed by atoms with Crippen LogP contribution in [0.3, 0.4) is 0 Å². The number of nitrogens with zero attached hydrogens (tertiary/aromatic N) is 4. The molecule has 6 heteroatoms. The highest BCUT2D eigenvalue weighted by Crippen LogP contribution is 2.13. The lowest BCUT2D eigenvalue weighted by Crippen LogP contribution is -2.38. The fourth-order valence-corrected chi connectivity index (χ4v) is 4.09. The summed E-state index contributed by atoms with van der Waals surface area (Å²) in [7, 11) is 0. The third-order valence-corrected chi connectivity index (χ3v) is 5.47. The van der Waals surface area contributed by atoms with Crippen LogP contribution in [0.5, 0.6) is 0 Å². The maximum absolute atomic E-state index is 9.18. The average Bonchev–Trinajstić information content (AvgIpc) is 3.29. The number of aliphatic hydroxyl groups excluding tert-OH is 2. The second-order valence-corrected chi connectivity index (χ2v) is 7.49. The van der Waals surface area contributed by atoms with Crippen LogP contribution in [-0.4, -0.2) is 32.6 Å². The Morgan fingerprint density at radius 2 is 1.07 bits per heavy atom. The standard InChI is InChI=1S/C23H30N4O2/c28-16-6-14-26-18-24(20-8-1-3-10-22(20)26)12-5-13-25-19-27(15-7-17-29)23-11-4-2-9-21(23)25/h1-4,8-11,18-19,28-29H,5-7,12-17H2/q+2. The summed E-state index contributed by atoms with van der Waals surface area (Å²) in [5.74, 6) is 0. The van der Waals surface area contributed by atoms with Crippen molar-refractivity contribution in [1.29, 1.82) is 0 Å². The number of rotatable bonds is 10. The molecule has 0 radical (unpaired) electrons. The molecule has 2 N–H and O–H groups in total. The molecule has 0 unspecified atom stereocenters. The van der Waals surface area contributed by atoms with Crippen molar-refractivity contribution in [3.05, 3.63) is 61.2 Å². The highest BCUT2D eigenvalue weighted by atomic mass is 16.3. The van der Waals surface area contributed by atoms with Gasteiger partial charge in [-0.2, -0.15) is 0 Å². The summed E-state index contributed by atoms with van der Waals surface area (Å²) < 4.78 is 9.11. The maximum Gasteiger partial charge on any atom is 0.244 e. The molecule has 0 atom stereocenters. The third kappa shape index (κ3) is 4.18. The Kier molecular flexibility index (Phi) is 6.22. The van der Waals surface area contributed by atoms with E-state index in [1.807, 2.05) is 0 Å². The zero-order valence-corrected chi connectivity index (χ0v) is 16.8. The number of benzene rings is 2. The van der Waals surface area contributed by atoms with Crippen LogP contribution in [0.25, 0.3) is 22.1 Å². The largest absolute Gasteiger partial charge is 0.396 e. The van der Waals surface area contributed by atoms with Crippen molar-refractivity contribution < 1.29 is 19.3 Å². The lowest BCUT2D eigenvalue weighted by atomic mass is 10.3. The summed E-state index contributed by atoms with van der Waals surface area (Å²) in [5, 5.41) is 18.4. The van der Waals surface area contributed by atoms with Gasteiger partial charge in [0.25, 0.3) is 0 Å². The van der Waals surface area contributed by atoms with Crippen LogP contribution in [-0.2, 0) is 26.2 Å². The molecule has 29 heavy (non-hydrogen) atoms. The maximum atomic E-state index is 9.18. The number of imidazole rings is 2. The van der Waals surface area contributed by atoms with E-state index in [1.165, 1.54) is 22.1 Å². The fourth-order valence-electron chi connectivity index (χ4n) is 4.09. The zero-order chi connectivity index (χ0) is 20.1. The first-order chi connectivity index (χ1) is 14.3. The van der Waals surface area contributed by atoms with Crippen LogP contribution in [0.15, 0.2) is 61.2 Å². The molecule has 6 nitrogen and oxygen atoms in total. The van der Waals surface area contributed by atoms with Gasteiger partial charge in [0, 0.05) is 32.5 Å². The molecule has 0 fully saturated rings. The number of fused-ring (bicyclic) bond motifs is 2. The Hall–Kier alpha value is -2.70. The van der Waals surface area contributed by atoms with E-state index < -0.39 is 0 Å². The van der Waals surface area contributed by atoms with Gasteiger partial charge in [-0.1, -0.05) is 24.3 Å². The van der Waals surface area contributed by atoms with E-state index in [4.69, 9.17) is 0 Å². The normalized spacial score (nSPS) is 11.7. The van der Waals surface area contributed by atoms with E-state index in [9.17, 15) is 10.2 Å². The van der Waals surface area contributed by atoms with Crippen molar-refractivity contribution >= 4 is 22.1 Å². The molecule has 0 amide bonds. The van der Waals surface area contributed by atoms with Crippen molar-refractivity contribution in [2.75, 3.05) is 13.2 Å². The van der Waals surface area contributed by atoms with Gasteiger partial charge < -0.3 is 10.2 Å². The second-order valence-electron chi connectivity index (χ2n) is 7.49. The fraction of sp³-hybridized carbons (Fsp3) is 0.391. The molecular formula is C23H30N4O2+2. The summed E-state index contributed by atoms with van der Waals surface area (Å²) in [4.78, 5) is 0. The van der Waals surface area contributed by atoms with Crippen LogP contribution < -0.4 is 9.13 Å². The molecule has 2 aromatic heterocycles. The first-order valence-corrected chi connectivity index (χ1v) is 10.5. The van der Waals surface area contributed by atoms with E-state index >= 15 is 0 Å². The Morgan fingerprint density at radius 1 is 0.621 bits per heavy atom. The molecule has 4 rings (SSSR count). The Labute approximate surface area is 170 Å². The van der Waals surface area contributed by atoms with Gasteiger partial charge in [0.1, 0.15) is 0 Å². The number of aryl methyl sites for hydroxylation is 4. The van der Waals surface area contributed by atoms with Gasteiger partial charge in [-0.25, -0.2) is 18.3 Å². The molecule has 0 aliphatic carbocycles. The first-order valence-electron chi connectivity index (χ1n) is 10.5. The van der Waals surface area contributed by atoms with E-state index in [1.54, 1.807) is 0 Å². The smallest absolute Gasteiger partial charge is 0.244 e. The SMILES string of the molecule is OCCCn1c[n+](CCC[n+]2cn(CCCO)c3ccccc32)c2ccccc21. The van der Waals surface area contributed by atoms with Crippen molar-refractivity contribution in [1.82, 2.24) is 9.13 Å². The molecule has 152 valence electrons. The van der Waals surface area contributed by atoms with E-state index in [-0.39, 0.29) is 13.2 Å². The van der Waals surface area contributed by atoms with Crippen LogP contribution in [0.1, 0.15) is 19.3 Å². The third-order valence-electron chi connectivity index (χ3n) is 5.47. The summed E-state index contributed by atoms with van der Waals surface area (Å²) in [6.07, 6.45) is 6.91. The number of para-hydroxylation sites is 4. The molecule has 4 aromatic rings. The predicted octanol–water partition coefficient (Wildman–Crippen LogP) is 2.03. The molecule has 0 aliphatic heterocycles. The summed E-state index contributed by atoms with van der Waals surface area (Å²) in [6, 6.07) is 16.9. The molecule has 0 saturated heterocycles. The number of aliphatic hydroxyl groups is 2. The average molecular weight is 395 g/mol. The van der Waals surface area contributed by atoms with Crippen LogP contribution in [0, 0.1) is 0 Å². The van der Waals surface area contributed by atoms with E-state index in [0.29, 0.717) is 0 Å². The lowest BCUT2D eigenvalue weighted by molar-refractivity contribution is -0.703. The van der Waals surface area contributed by atoms with Gasteiger partial charge in [0.2, 0.25) is 12.7 Å². The van der Waals surface area contributed by atoms with Gasteiger partial charge >= 0.3 is 0 Å². The summed E-state index contributed by atoms with van der Waals surface area (Å²) in [5.41, 5.74) is 4.91. The van der Waals surface area contributed by atoms with Crippen LogP contribution in [0.2, 0.25) is 0 Å². The van der Waals surface area contributed by atoms with Crippen molar-refractivity contribution in [3.63, 3.8) is 0 Å². The van der Waals surface area contributed by atoms with Gasteiger partial charge in [0.05, 0.1) is 26.2 Å². The molecule has 0 bridgehead atoms. The van der Waals surface area contributed by atoms with Gasteiger partial charge in [-0.15, -0.1) is 0 Å². The van der Waals surface area contributed by atoms with Gasteiger partial charge in [0.15, 0.2) is 22.1 Å². The molecule has 2 aromatic carbocycles. The number of hydrogen-bond acceptors (Lipinski definition) is 2. The minimum atomic E-state index is 0.212. The Bertz CT molecular complexity index is 997. The molecule has 0 spiro atoms. The topological polar surface area (TPSA) is 58.1 Å². The van der Waals surface area contributed by atoms with Crippen LogP contribution in [0.4, 0.5) is 0 Å². The van der Waals surface area contributed by atoms with Crippen LogP contribution >= 0.6 is 0 Å². The molecule has 0 aliphatic rings. The zero-order valence-electron chi connectivity index (χ0n) is 16.8. The minimum absolute atomic E-state index is 0.212. The minimum Gasteiger partial charge on any atom is -0.396 e. The molecule has 2 heterocycles. The summed E-state index contributed by atoms with van der Waals surface area (Å²) in [6.45, 7) is 3.97. The van der Waals surface area contributed by atoms with Gasteiger partial charge in [-0.05, 0) is 24.3 Å². The van der Waals surface area contributed by atoms with Gasteiger partial charge in [-0.3, -0.25) is 0 Å². The lowest BCUT2D eigenvalue weighted by Gasteiger charge is -1.98. The van der Waals surface area contributed by atoms with Crippen molar-refractivity contribution in [2.24, 2.45) is 0 Å². The number of aromatic nitrogens is 4. The predicted molar refractivity (Wildman–Crippen MR) is 112 cm³/mol. The number of hydrogen-bond donors (Lipinski definition) is 2. The van der Waals surface area contributed by atoms with E-state index in [0.717, 1.165) is 45.4 Å². The quantitative estimate of drug-likeness (QED) is 0.405. The monoisotopic (exact) mass is 394 g/mol. The molecular weight excluding hydrogens is 364 g/mol. The highest BCUT2D eigenvalue weighted by Gasteiger charge is 2.17. The summed E-state index contributed by atoms with van der Waals surface area (Å²) >= 11 is 0. The Morgan fingerprint density at radius 3 is 1.52 bits per heavy atom. The van der Waals surface area contributed by atoms with Crippen molar-refractivity contribution in [3.8, 4) is 0 Å². The highest BCUT2D eigenvalue weighted by molar-refractivity contribution is 5.72.